The number of esters is 1. The molecule has 44 heavy (non-hydrogen) atoms. The molecular formula is C37H66O7. The van der Waals surface area contributed by atoms with E-state index in [2.05, 4.69) is 6.92 Å². The van der Waals surface area contributed by atoms with E-state index in [0.29, 0.717) is 12.8 Å². The molecule has 0 aromatic heterocycles. The highest BCUT2D eigenvalue weighted by molar-refractivity contribution is 5.90. The lowest BCUT2D eigenvalue weighted by Gasteiger charge is -2.24. The molecule has 3 rings (SSSR count). The van der Waals surface area contributed by atoms with E-state index in [4.69, 9.17) is 14.2 Å². The fraction of sp³-hybridized carbons (Fsp3) is 0.919. The average molecular weight is 623 g/mol. The molecule has 3 heterocycles. The van der Waals surface area contributed by atoms with E-state index in [1.807, 2.05) is 13.0 Å². The van der Waals surface area contributed by atoms with E-state index in [1.165, 1.54) is 70.6 Å². The Balaban J connectivity index is 1.15. The van der Waals surface area contributed by atoms with Crippen LogP contribution in [0, 0.1) is 0 Å². The average Bonchev–Trinajstić information content (AvgIpc) is 3.76. The number of unbranched alkanes of at least 4 members (excludes halogenated alkanes) is 13. The van der Waals surface area contributed by atoms with Gasteiger partial charge in [-0.05, 0) is 77.2 Å². The van der Waals surface area contributed by atoms with E-state index < -0.39 is 18.3 Å². The molecule has 0 spiro atoms. The van der Waals surface area contributed by atoms with Gasteiger partial charge in [0.1, 0.15) is 6.10 Å². The van der Waals surface area contributed by atoms with Gasteiger partial charge in [0.2, 0.25) is 0 Å². The largest absolute Gasteiger partial charge is 0.455 e. The first-order valence-electron chi connectivity index (χ1n) is 18.6. The Morgan fingerprint density at radius 3 is 1.75 bits per heavy atom. The van der Waals surface area contributed by atoms with Crippen molar-refractivity contribution in [3.8, 4) is 0 Å². The van der Waals surface area contributed by atoms with E-state index >= 15 is 0 Å². The maximum absolute atomic E-state index is 11.7. The zero-order chi connectivity index (χ0) is 31.6. The van der Waals surface area contributed by atoms with E-state index in [-0.39, 0.29) is 36.5 Å². The van der Waals surface area contributed by atoms with Gasteiger partial charge in [0.25, 0.3) is 0 Å². The molecule has 0 radical (unpaired) electrons. The lowest BCUT2D eigenvalue weighted by atomic mass is 9.98. The van der Waals surface area contributed by atoms with Gasteiger partial charge < -0.3 is 29.5 Å². The van der Waals surface area contributed by atoms with Gasteiger partial charge in [0.15, 0.2) is 0 Å². The molecule has 0 bridgehead atoms. The number of cyclic esters (lactones) is 1. The summed E-state index contributed by atoms with van der Waals surface area (Å²) in [5, 5.41) is 32.1. The van der Waals surface area contributed by atoms with Crippen molar-refractivity contribution < 1.29 is 34.3 Å². The van der Waals surface area contributed by atoms with Crippen molar-refractivity contribution in [3.05, 3.63) is 11.6 Å². The summed E-state index contributed by atoms with van der Waals surface area (Å²) >= 11 is 0. The zero-order valence-corrected chi connectivity index (χ0v) is 28.1. The van der Waals surface area contributed by atoms with E-state index in [1.54, 1.807) is 0 Å². The monoisotopic (exact) mass is 622 g/mol. The van der Waals surface area contributed by atoms with Crippen LogP contribution in [0.2, 0.25) is 0 Å². The smallest absolute Gasteiger partial charge is 0.334 e. The molecule has 8 atom stereocenters. The summed E-state index contributed by atoms with van der Waals surface area (Å²) in [6, 6.07) is 0. The first-order chi connectivity index (χ1) is 21.4. The van der Waals surface area contributed by atoms with Crippen LogP contribution < -0.4 is 0 Å². The fourth-order valence-electron chi connectivity index (χ4n) is 7.26. The van der Waals surface area contributed by atoms with Gasteiger partial charge in [-0.1, -0.05) is 96.8 Å². The second kappa shape index (κ2) is 21.7. The maximum atomic E-state index is 11.7. The van der Waals surface area contributed by atoms with Crippen LogP contribution in [0.5, 0.6) is 0 Å². The summed E-state index contributed by atoms with van der Waals surface area (Å²) in [7, 11) is 0. The molecule has 2 fully saturated rings. The van der Waals surface area contributed by atoms with Crippen molar-refractivity contribution in [1.29, 1.82) is 0 Å². The number of carbonyl (C=O) groups excluding carboxylic acids is 1. The third kappa shape index (κ3) is 14.2. The SMILES string of the molecule is CCCCCCCCCC[C@H](O)[C@H]1CC[C@H]([C@H](O)CC[C@H](O)[C@@H]2CC[C@@H](CCCCCCCCCC3=C[C@H](C)OC3=O)O2)O1. The van der Waals surface area contributed by atoms with Crippen LogP contribution in [0.4, 0.5) is 0 Å². The Bertz CT molecular complexity index is 801. The molecule has 0 saturated carbocycles. The van der Waals surface area contributed by atoms with Gasteiger partial charge in [0.05, 0.1) is 42.7 Å². The molecular weight excluding hydrogens is 556 g/mol. The molecule has 256 valence electrons. The molecule has 3 N–H and O–H groups in total. The summed E-state index contributed by atoms with van der Waals surface area (Å²) in [5.41, 5.74) is 0.852. The van der Waals surface area contributed by atoms with Crippen LogP contribution in [0.15, 0.2) is 11.6 Å². The topological polar surface area (TPSA) is 105 Å². The zero-order valence-electron chi connectivity index (χ0n) is 28.1. The van der Waals surface area contributed by atoms with Gasteiger partial charge in [-0.2, -0.15) is 0 Å². The highest BCUT2D eigenvalue weighted by atomic mass is 16.5. The summed E-state index contributed by atoms with van der Waals surface area (Å²) in [5.74, 6) is -0.133. The molecule has 0 aliphatic carbocycles. The highest BCUT2D eigenvalue weighted by Crippen LogP contribution is 2.31. The lowest BCUT2D eigenvalue weighted by Crippen LogP contribution is -2.33. The standard InChI is InChI=1S/C37H66O7/c1-3-4-5-6-7-11-14-17-20-31(38)35-25-26-36(44-35)33(40)23-22-32(39)34-24-21-30(43-34)19-16-13-10-8-9-12-15-18-29-27-28(2)42-37(29)41/h27-28,30-36,38-40H,3-26H2,1-2H3/t28-,30+,31-,32-,33+,34-,35+,36+/m0/s1. The van der Waals surface area contributed by atoms with Gasteiger partial charge in [-0.25, -0.2) is 4.79 Å². The summed E-state index contributed by atoms with van der Waals surface area (Å²) in [4.78, 5) is 11.7. The van der Waals surface area contributed by atoms with E-state index in [9.17, 15) is 20.1 Å². The predicted octanol–water partition coefficient (Wildman–Crippen LogP) is 7.86. The van der Waals surface area contributed by atoms with Crippen molar-refractivity contribution >= 4 is 5.97 Å². The van der Waals surface area contributed by atoms with Crippen LogP contribution >= 0.6 is 0 Å². The first kappa shape index (κ1) is 37.5. The molecule has 0 aromatic rings. The minimum atomic E-state index is -0.609. The van der Waals surface area contributed by atoms with Crippen LogP contribution in [0.1, 0.15) is 168 Å². The minimum absolute atomic E-state index is 0.0617. The Kier molecular flexibility index (Phi) is 18.5. The van der Waals surface area contributed by atoms with Crippen molar-refractivity contribution in [2.24, 2.45) is 0 Å². The van der Waals surface area contributed by atoms with Crippen molar-refractivity contribution in [2.75, 3.05) is 0 Å². The van der Waals surface area contributed by atoms with Crippen molar-refractivity contribution in [1.82, 2.24) is 0 Å². The van der Waals surface area contributed by atoms with Crippen molar-refractivity contribution in [2.45, 2.75) is 217 Å². The number of rotatable bonds is 25. The number of hydrogen-bond donors (Lipinski definition) is 3. The maximum Gasteiger partial charge on any atom is 0.334 e. The molecule has 2 saturated heterocycles. The third-order valence-electron chi connectivity index (χ3n) is 10.1. The van der Waals surface area contributed by atoms with Crippen LogP contribution in [-0.4, -0.2) is 70.1 Å². The lowest BCUT2D eigenvalue weighted by molar-refractivity contribution is -0.139. The predicted molar refractivity (Wildman–Crippen MR) is 175 cm³/mol. The van der Waals surface area contributed by atoms with Crippen LogP contribution in [0.3, 0.4) is 0 Å². The quantitative estimate of drug-likeness (QED) is 0.0703. The van der Waals surface area contributed by atoms with Gasteiger partial charge >= 0.3 is 5.97 Å². The second-order valence-electron chi connectivity index (χ2n) is 14.0. The highest BCUT2D eigenvalue weighted by Gasteiger charge is 2.36. The molecule has 3 aliphatic heterocycles. The Hall–Kier alpha value is -0.990. The van der Waals surface area contributed by atoms with Crippen molar-refractivity contribution in [3.63, 3.8) is 0 Å². The first-order valence-corrected chi connectivity index (χ1v) is 18.6. The molecule has 7 heteroatoms. The third-order valence-corrected chi connectivity index (χ3v) is 10.1. The van der Waals surface area contributed by atoms with Gasteiger partial charge in [-0.3, -0.25) is 0 Å². The Morgan fingerprint density at radius 2 is 1.16 bits per heavy atom. The molecule has 0 unspecified atom stereocenters. The molecule has 0 aromatic carbocycles. The fourth-order valence-corrected chi connectivity index (χ4v) is 7.26. The number of carbonyl (C=O) groups is 1. The van der Waals surface area contributed by atoms with Crippen LogP contribution in [0.25, 0.3) is 0 Å². The Morgan fingerprint density at radius 1 is 0.659 bits per heavy atom. The number of aliphatic hydroxyl groups is 3. The van der Waals surface area contributed by atoms with Gasteiger partial charge in [-0.15, -0.1) is 0 Å². The normalized spacial score (nSPS) is 27.4. The van der Waals surface area contributed by atoms with Gasteiger partial charge in [0, 0.05) is 5.57 Å². The molecule has 3 aliphatic rings. The second-order valence-corrected chi connectivity index (χ2v) is 14.0. The van der Waals surface area contributed by atoms with E-state index in [0.717, 1.165) is 76.2 Å². The molecule has 0 amide bonds. The number of hydrogen-bond acceptors (Lipinski definition) is 7. The summed E-state index contributed by atoms with van der Waals surface area (Å²) < 4.78 is 17.4. The summed E-state index contributed by atoms with van der Waals surface area (Å²) in [6.45, 7) is 4.15. The number of aliphatic hydroxyl groups excluding tert-OH is 3. The number of ether oxygens (including phenoxy) is 3. The van der Waals surface area contributed by atoms with Crippen LogP contribution in [-0.2, 0) is 19.0 Å². The summed E-state index contributed by atoms with van der Waals surface area (Å²) in [6.07, 6.45) is 25.4. The minimum Gasteiger partial charge on any atom is -0.455 e. The Labute approximate surface area is 268 Å². The molecule has 7 nitrogen and oxygen atoms in total.